The summed E-state index contributed by atoms with van der Waals surface area (Å²) in [5.41, 5.74) is -0.313. The Balaban J connectivity index is 1.90. The number of alkyl halides is 3. The highest BCUT2D eigenvalue weighted by molar-refractivity contribution is 7.98. The quantitative estimate of drug-likeness (QED) is 0.426. The third kappa shape index (κ3) is 8.46. The van der Waals surface area contributed by atoms with E-state index in [-0.39, 0.29) is 17.6 Å². The highest BCUT2D eigenvalue weighted by Gasteiger charge is 2.34. The predicted molar refractivity (Wildman–Crippen MR) is 120 cm³/mol. The summed E-state index contributed by atoms with van der Waals surface area (Å²) < 4.78 is 45.3. The van der Waals surface area contributed by atoms with Crippen molar-refractivity contribution in [2.45, 2.75) is 44.7 Å². The molecule has 172 valence electrons. The van der Waals surface area contributed by atoms with Crippen LogP contribution in [0.5, 0.6) is 5.75 Å². The second kappa shape index (κ2) is 12.4. The van der Waals surface area contributed by atoms with Gasteiger partial charge < -0.3 is 10.1 Å². The number of nitrogens with zero attached hydrogens (tertiary/aromatic N) is 1. The number of benzene rings is 2. The van der Waals surface area contributed by atoms with Crippen LogP contribution in [0.3, 0.4) is 0 Å². The van der Waals surface area contributed by atoms with E-state index in [0.717, 1.165) is 30.1 Å². The number of carbonyl (C=O) groups excluding carboxylic acids is 1. The van der Waals surface area contributed by atoms with Gasteiger partial charge in [-0.2, -0.15) is 30.2 Å². The number of rotatable bonds is 11. The van der Waals surface area contributed by atoms with Crippen LogP contribution in [0.2, 0.25) is 0 Å². The van der Waals surface area contributed by atoms with Crippen molar-refractivity contribution in [2.75, 3.05) is 12.3 Å². The van der Waals surface area contributed by atoms with Gasteiger partial charge in [0, 0.05) is 12.3 Å². The number of halogens is 3. The van der Waals surface area contributed by atoms with Gasteiger partial charge >= 0.3 is 6.18 Å². The molecule has 32 heavy (non-hydrogen) atoms. The first-order valence-corrected chi connectivity index (χ1v) is 11.5. The summed E-state index contributed by atoms with van der Waals surface area (Å²) in [5.74, 6) is 1.43. The fourth-order valence-electron chi connectivity index (χ4n) is 2.99. The van der Waals surface area contributed by atoms with Crippen molar-refractivity contribution in [1.29, 1.82) is 5.26 Å². The van der Waals surface area contributed by atoms with Crippen molar-refractivity contribution in [3.63, 3.8) is 0 Å². The molecule has 4 nitrogen and oxygen atoms in total. The lowest BCUT2D eigenvalue weighted by atomic mass is 10.0. The fraction of sp³-hybridized carbons (Fsp3) is 0.417. The summed E-state index contributed by atoms with van der Waals surface area (Å²) in [6.45, 7) is 4.27. The Morgan fingerprint density at radius 2 is 1.91 bits per heavy atom. The number of hydrogen-bond donors (Lipinski definition) is 1. The summed E-state index contributed by atoms with van der Waals surface area (Å²) in [5, 5.41) is 11.8. The highest BCUT2D eigenvalue weighted by Crippen LogP contribution is 2.34. The van der Waals surface area contributed by atoms with Crippen LogP contribution in [0.1, 0.15) is 43.4 Å². The van der Waals surface area contributed by atoms with Crippen molar-refractivity contribution >= 4 is 17.7 Å². The van der Waals surface area contributed by atoms with Crippen LogP contribution in [0.4, 0.5) is 13.2 Å². The van der Waals surface area contributed by atoms with Gasteiger partial charge in [-0.25, -0.2) is 0 Å². The van der Waals surface area contributed by atoms with Gasteiger partial charge in [0.25, 0.3) is 5.91 Å². The molecule has 0 fully saturated rings. The zero-order valence-corrected chi connectivity index (χ0v) is 18.9. The van der Waals surface area contributed by atoms with Gasteiger partial charge in [-0.3, -0.25) is 4.79 Å². The van der Waals surface area contributed by atoms with E-state index in [9.17, 15) is 18.0 Å². The molecule has 0 saturated carbocycles. The number of nitrogens with one attached hydrogen (secondary N) is 1. The molecule has 0 saturated heterocycles. The first-order chi connectivity index (χ1) is 15.2. The Labute approximate surface area is 191 Å². The minimum Gasteiger partial charge on any atom is -0.481 e. The van der Waals surface area contributed by atoms with Crippen molar-refractivity contribution in [2.24, 2.45) is 5.92 Å². The number of hydrogen-bond acceptors (Lipinski definition) is 4. The molecule has 0 aliphatic rings. The van der Waals surface area contributed by atoms with E-state index in [4.69, 9.17) is 10.00 Å². The van der Waals surface area contributed by atoms with Crippen LogP contribution in [-0.4, -0.2) is 24.3 Å². The molecule has 0 aliphatic heterocycles. The molecular weight excluding hydrogens is 437 g/mol. The smallest absolute Gasteiger partial charge is 0.417 e. The summed E-state index contributed by atoms with van der Waals surface area (Å²) in [7, 11) is 0. The average molecular weight is 465 g/mol. The van der Waals surface area contributed by atoms with Gasteiger partial charge in [0.15, 0.2) is 6.10 Å². The third-order valence-electron chi connectivity index (χ3n) is 4.55. The second-order valence-electron chi connectivity index (χ2n) is 7.74. The number of nitriles is 1. The van der Waals surface area contributed by atoms with E-state index < -0.39 is 23.4 Å². The van der Waals surface area contributed by atoms with Gasteiger partial charge in [-0.05, 0) is 48.3 Å². The Kier molecular flexibility index (Phi) is 9.92. The molecule has 0 aliphatic carbocycles. The van der Waals surface area contributed by atoms with E-state index in [1.54, 1.807) is 11.8 Å². The molecule has 0 heterocycles. The maximum absolute atomic E-state index is 13.2. The standard InChI is InChI=1S/C24H27F3N2O2S/c1-17(2)13-22(31-20-10-9-19(15-28)21(14-20)24(25,26)27)23(30)29-11-6-12-32-16-18-7-4-3-5-8-18/h3-5,7-10,14,17,22H,6,11-13,16H2,1-2H3,(H,29,30). The van der Waals surface area contributed by atoms with Crippen LogP contribution in [0, 0.1) is 17.2 Å². The van der Waals surface area contributed by atoms with Gasteiger partial charge in [0.2, 0.25) is 0 Å². The van der Waals surface area contributed by atoms with E-state index in [2.05, 4.69) is 17.4 Å². The van der Waals surface area contributed by atoms with Gasteiger partial charge in [-0.15, -0.1) is 0 Å². The molecule has 1 unspecified atom stereocenters. The molecule has 0 aromatic heterocycles. The Bertz CT molecular complexity index is 912. The first kappa shape index (κ1) is 25.6. The summed E-state index contributed by atoms with van der Waals surface area (Å²) in [6.07, 6.45) is -4.47. The van der Waals surface area contributed by atoms with Crippen molar-refractivity contribution in [1.82, 2.24) is 5.32 Å². The lowest BCUT2D eigenvalue weighted by molar-refractivity contribution is -0.137. The minimum absolute atomic E-state index is 0.0875. The van der Waals surface area contributed by atoms with Crippen molar-refractivity contribution in [3.05, 3.63) is 65.2 Å². The summed E-state index contributed by atoms with van der Waals surface area (Å²) in [6, 6.07) is 14.8. The van der Waals surface area contributed by atoms with Crippen LogP contribution in [0.25, 0.3) is 0 Å². The summed E-state index contributed by atoms with van der Waals surface area (Å²) in [4.78, 5) is 12.6. The van der Waals surface area contributed by atoms with Crippen LogP contribution in [-0.2, 0) is 16.7 Å². The molecule has 2 aromatic carbocycles. The zero-order valence-electron chi connectivity index (χ0n) is 18.1. The first-order valence-electron chi connectivity index (χ1n) is 10.4. The lowest BCUT2D eigenvalue weighted by Crippen LogP contribution is -2.39. The Morgan fingerprint density at radius 1 is 1.19 bits per heavy atom. The SMILES string of the molecule is CC(C)CC(Oc1ccc(C#N)c(C(F)(F)F)c1)C(=O)NCCCSCc1ccccc1. The van der Waals surface area contributed by atoms with Crippen molar-refractivity contribution < 1.29 is 22.7 Å². The topological polar surface area (TPSA) is 62.1 Å². The molecular formula is C24H27F3N2O2S. The monoisotopic (exact) mass is 464 g/mol. The van der Waals surface area contributed by atoms with E-state index in [1.807, 2.05) is 32.0 Å². The third-order valence-corrected chi connectivity index (χ3v) is 5.66. The molecule has 2 rings (SSSR count). The fourth-order valence-corrected chi connectivity index (χ4v) is 3.91. The number of amides is 1. The Morgan fingerprint density at radius 3 is 2.53 bits per heavy atom. The molecule has 1 atom stereocenters. The predicted octanol–water partition coefficient (Wildman–Crippen LogP) is 5.81. The molecule has 8 heteroatoms. The van der Waals surface area contributed by atoms with Gasteiger partial charge in [-0.1, -0.05) is 44.2 Å². The molecule has 2 aromatic rings. The molecule has 1 N–H and O–H groups in total. The molecule has 0 spiro atoms. The number of carbonyl (C=O) groups is 1. The molecule has 0 radical (unpaired) electrons. The maximum atomic E-state index is 13.2. The van der Waals surface area contributed by atoms with E-state index >= 15 is 0 Å². The van der Waals surface area contributed by atoms with Gasteiger partial charge in [0.1, 0.15) is 5.75 Å². The summed E-state index contributed by atoms with van der Waals surface area (Å²) >= 11 is 1.77. The number of thioether (sulfide) groups is 1. The average Bonchev–Trinajstić information content (AvgIpc) is 2.75. The highest BCUT2D eigenvalue weighted by atomic mass is 32.2. The van der Waals surface area contributed by atoms with E-state index in [1.165, 1.54) is 17.7 Å². The lowest BCUT2D eigenvalue weighted by Gasteiger charge is -2.21. The van der Waals surface area contributed by atoms with Crippen molar-refractivity contribution in [3.8, 4) is 11.8 Å². The second-order valence-corrected chi connectivity index (χ2v) is 8.84. The Hall–Kier alpha value is -2.66. The van der Waals surface area contributed by atoms with Crippen LogP contribution in [0.15, 0.2) is 48.5 Å². The molecule has 0 bridgehead atoms. The van der Waals surface area contributed by atoms with Crippen LogP contribution >= 0.6 is 11.8 Å². The van der Waals surface area contributed by atoms with Crippen LogP contribution < -0.4 is 10.1 Å². The number of ether oxygens (including phenoxy) is 1. The maximum Gasteiger partial charge on any atom is 0.417 e. The largest absolute Gasteiger partial charge is 0.481 e. The normalized spacial score (nSPS) is 12.3. The van der Waals surface area contributed by atoms with E-state index in [0.29, 0.717) is 13.0 Å². The minimum atomic E-state index is -4.68. The molecule has 1 amide bonds. The zero-order chi connectivity index (χ0) is 23.6. The van der Waals surface area contributed by atoms with Gasteiger partial charge in [0.05, 0.1) is 17.2 Å².